The summed E-state index contributed by atoms with van der Waals surface area (Å²) in [6.45, 7) is 4.53. The third kappa shape index (κ3) is 3.67. The summed E-state index contributed by atoms with van der Waals surface area (Å²) >= 11 is 3.25. The molecule has 104 valence electrons. The molecule has 0 aromatic heterocycles. The summed E-state index contributed by atoms with van der Waals surface area (Å²) in [4.78, 5) is 13.9. The molecule has 1 saturated heterocycles. The molecule has 1 aromatic carbocycles. The lowest BCUT2D eigenvalue weighted by Gasteiger charge is -2.29. The minimum atomic E-state index is -0.693. The number of nitrogens with one attached hydrogen (secondary N) is 1. The molecule has 1 aromatic rings. The van der Waals surface area contributed by atoms with Crippen LogP contribution in [0.2, 0.25) is 0 Å². The number of piperazine rings is 1. The number of amides is 1. The summed E-state index contributed by atoms with van der Waals surface area (Å²) in [5, 5.41) is 3.17. The number of benzene rings is 1. The van der Waals surface area contributed by atoms with Gasteiger partial charge in [-0.3, -0.25) is 4.79 Å². The van der Waals surface area contributed by atoms with Gasteiger partial charge < -0.3 is 15.0 Å². The van der Waals surface area contributed by atoms with Crippen molar-refractivity contribution in [3.63, 3.8) is 0 Å². The van der Waals surface area contributed by atoms with Gasteiger partial charge in [0.1, 0.15) is 0 Å². The fraction of sp³-hybridized carbons (Fsp3) is 0.462. The first-order chi connectivity index (χ1) is 9.08. The maximum atomic E-state index is 13.6. The summed E-state index contributed by atoms with van der Waals surface area (Å²) in [6, 6.07) is 4.42. The molecule has 1 unspecified atom stereocenters. The molecule has 0 bridgehead atoms. The van der Waals surface area contributed by atoms with Crippen molar-refractivity contribution in [1.82, 2.24) is 10.2 Å². The van der Waals surface area contributed by atoms with E-state index in [2.05, 4.69) is 21.2 Å². The van der Waals surface area contributed by atoms with E-state index in [1.807, 2.05) is 0 Å². The Morgan fingerprint density at radius 2 is 2.16 bits per heavy atom. The Labute approximate surface area is 120 Å². The van der Waals surface area contributed by atoms with Gasteiger partial charge in [0, 0.05) is 30.7 Å². The summed E-state index contributed by atoms with van der Waals surface area (Å²) in [5.74, 6) is -0.491. The number of nitrogens with zero attached hydrogens (tertiary/aromatic N) is 1. The Morgan fingerprint density at radius 3 is 2.84 bits per heavy atom. The second-order valence-corrected chi connectivity index (χ2v) is 5.33. The average Bonchev–Trinajstić information content (AvgIpc) is 2.43. The molecule has 6 heteroatoms. The minimum absolute atomic E-state index is 0.0883. The SMILES string of the molecule is CC(Oc1cc(Br)ccc1F)C(=O)N1CCNCC1. The number of hydrogen-bond acceptors (Lipinski definition) is 3. The summed E-state index contributed by atoms with van der Waals surface area (Å²) in [6.07, 6.45) is -0.693. The highest BCUT2D eigenvalue weighted by Gasteiger charge is 2.24. The fourth-order valence-electron chi connectivity index (χ4n) is 1.95. The van der Waals surface area contributed by atoms with Crippen molar-refractivity contribution in [3.05, 3.63) is 28.5 Å². The molecule has 0 saturated carbocycles. The molecule has 4 nitrogen and oxygen atoms in total. The predicted octanol–water partition coefficient (Wildman–Crippen LogP) is 1.79. The fourth-order valence-corrected chi connectivity index (χ4v) is 2.29. The molecular weight excluding hydrogens is 315 g/mol. The standard InChI is InChI=1S/C13H16BrFN2O2/c1-9(13(18)17-6-4-16-5-7-17)19-12-8-10(14)2-3-11(12)15/h2-3,8-9,16H,4-7H2,1H3. The second kappa shape index (κ2) is 6.34. The smallest absolute Gasteiger partial charge is 0.263 e. The van der Waals surface area contributed by atoms with Crippen molar-refractivity contribution in [2.45, 2.75) is 13.0 Å². The van der Waals surface area contributed by atoms with Crippen molar-refractivity contribution < 1.29 is 13.9 Å². The molecule has 0 spiro atoms. The van der Waals surface area contributed by atoms with E-state index in [9.17, 15) is 9.18 Å². The Kier molecular flexibility index (Phi) is 4.76. The molecule has 1 atom stereocenters. The van der Waals surface area contributed by atoms with Crippen molar-refractivity contribution in [3.8, 4) is 5.75 Å². The lowest BCUT2D eigenvalue weighted by Crippen LogP contribution is -2.50. The van der Waals surface area contributed by atoms with E-state index in [0.29, 0.717) is 17.6 Å². The molecule has 1 heterocycles. The van der Waals surface area contributed by atoms with Crippen LogP contribution in [0.3, 0.4) is 0 Å². The van der Waals surface area contributed by atoms with Crippen LogP contribution in [-0.4, -0.2) is 43.1 Å². The quantitative estimate of drug-likeness (QED) is 0.918. The van der Waals surface area contributed by atoms with Crippen molar-refractivity contribution in [2.24, 2.45) is 0 Å². The van der Waals surface area contributed by atoms with E-state index in [1.54, 1.807) is 17.9 Å². The van der Waals surface area contributed by atoms with Crippen LogP contribution >= 0.6 is 15.9 Å². The van der Waals surface area contributed by atoms with Crippen molar-refractivity contribution in [1.29, 1.82) is 0 Å². The molecule has 1 aliphatic heterocycles. The number of hydrogen-bond donors (Lipinski definition) is 1. The van der Waals surface area contributed by atoms with Crippen LogP contribution in [0, 0.1) is 5.82 Å². The lowest BCUT2D eigenvalue weighted by atomic mass is 10.2. The number of carbonyl (C=O) groups excluding carboxylic acids is 1. The summed E-state index contributed by atoms with van der Waals surface area (Å²) < 4.78 is 19.7. The second-order valence-electron chi connectivity index (χ2n) is 4.41. The van der Waals surface area contributed by atoms with Crippen molar-refractivity contribution in [2.75, 3.05) is 26.2 Å². The molecule has 1 fully saturated rings. The van der Waals surface area contributed by atoms with E-state index < -0.39 is 11.9 Å². The van der Waals surface area contributed by atoms with Gasteiger partial charge in [-0.25, -0.2) is 4.39 Å². The van der Waals surface area contributed by atoms with Gasteiger partial charge in [-0.1, -0.05) is 15.9 Å². The maximum Gasteiger partial charge on any atom is 0.263 e. The first-order valence-corrected chi connectivity index (χ1v) is 6.98. The third-order valence-electron chi connectivity index (χ3n) is 2.97. The van der Waals surface area contributed by atoms with E-state index in [1.165, 1.54) is 12.1 Å². The van der Waals surface area contributed by atoms with Crippen LogP contribution in [0.25, 0.3) is 0 Å². The molecule has 0 aliphatic carbocycles. The molecule has 2 rings (SSSR count). The highest BCUT2D eigenvalue weighted by molar-refractivity contribution is 9.10. The van der Waals surface area contributed by atoms with Crippen molar-refractivity contribution >= 4 is 21.8 Å². The van der Waals surface area contributed by atoms with Gasteiger partial charge in [-0.15, -0.1) is 0 Å². The summed E-state index contributed by atoms with van der Waals surface area (Å²) in [7, 11) is 0. The van der Waals surface area contributed by atoms with Crippen LogP contribution in [0.15, 0.2) is 22.7 Å². The van der Waals surface area contributed by atoms with E-state index in [4.69, 9.17) is 4.74 Å². The van der Waals surface area contributed by atoms with Gasteiger partial charge in [0.25, 0.3) is 5.91 Å². The van der Waals surface area contributed by atoms with Crippen LogP contribution in [0.4, 0.5) is 4.39 Å². The zero-order chi connectivity index (χ0) is 13.8. The zero-order valence-electron chi connectivity index (χ0n) is 10.7. The highest BCUT2D eigenvalue weighted by Crippen LogP contribution is 2.23. The van der Waals surface area contributed by atoms with E-state index in [0.717, 1.165) is 13.1 Å². The van der Waals surface area contributed by atoms with E-state index >= 15 is 0 Å². The Morgan fingerprint density at radius 1 is 1.47 bits per heavy atom. The number of halogens is 2. The van der Waals surface area contributed by atoms with Crippen LogP contribution < -0.4 is 10.1 Å². The van der Waals surface area contributed by atoms with Gasteiger partial charge >= 0.3 is 0 Å². The highest BCUT2D eigenvalue weighted by atomic mass is 79.9. The van der Waals surface area contributed by atoms with Gasteiger partial charge in [-0.2, -0.15) is 0 Å². The van der Waals surface area contributed by atoms with E-state index in [-0.39, 0.29) is 11.7 Å². The topological polar surface area (TPSA) is 41.6 Å². The molecule has 1 amide bonds. The number of ether oxygens (including phenoxy) is 1. The van der Waals surface area contributed by atoms with Gasteiger partial charge in [-0.05, 0) is 25.1 Å². The van der Waals surface area contributed by atoms with Gasteiger partial charge in [0.2, 0.25) is 0 Å². The maximum absolute atomic E-state index is 13.6. The Bertz CT molecular complexity index is 464. The van der Waals surface area contributed by atoms with Crippen LogP contribution in [-0.2, 0) is 4.79 Å². The molecule has 1 N–H and O–H groups in total. The van der Waals surface area contributed by atoms with Crippen LogP contribution in [0.5, 0.6) is 5.75 Å². The molecule has 0 radical (unpaired) electrons. The average molecular weight is 331 g/mol. The van der Waals surface area contributed by atoms with Gasteiger partial charge in [0.15, 0.2) is 17.7 Å². The first-order valence-electron chi connectivity index (χ1n) is 6.19. The summed E-state index contributed by atoms with van der Waals surface area (Å²) in [5.41, 5.74) is 0. The normalized spacial score (nSPS) is 17.1. The number of carbonyl (C=O) groups is 1. The Hall–Kier alpha value is -1.14. The number of rotatable bonds is 3. The third-order valence-corrected chi connectivity index (χ3v) is 3.47. The first kappa shape index (κ1) is 14.3. The predicted molar refractivity (Wildman–Crippen MR) is 73.6 cm³/mol. The lowest BCUT2D eigenvalue weighted by molar-refractivity contribution is -0.138. The largest absolute Gasteiger partial charge is 0.478 e. The molecule has 19 heavy (non-hydrogen) atoms. The monoisotopic (exact) mass is 330 g/mol. The molecular formula is C13H16BrFN2O2. The molecule has 1 aliphatic rings. The zero-order valence-corrected chi connectivity index (χ0v) is 12.2. The van der Waals surface area contributed by atoms with Gasteiger partial charge in [0.05, 0.1) is 0 Å². The minimum Gasteiger partial charge on any atom is -0.478 e. The van der Waals surface area contributed by atoms with Crippen LogP contribution in [0.1, 0.15) is 6.92 Å². The Balaban J connectivity index is 2.01.